The van der Waals surface area contributed by atoms with Gasteiger partial charge in [-0.3, -0.25) is 4.79 Å². The van der Waals surface area contributed by atoms with Crippen molar-refractivity contribution in [1.82, 2.24) is 15.3 Å². The molecule has 0 aliphatic carbocycles. The maximum atomic E-state index is 10.6. The predicted molar refractivity (Wildman–Crippen MR) is 61.6 cm³/mol. The summed E-state index contributed by atoms with van der Waals surface area (Å²) in [5, 5.41) is 2.81. The number of rotatable bonds is 2. The first-order valence-corrected chi connectivity index (χ1v) is 4.98. The van der Waals surface area contributed by atoms with Gasteiger partial charge in [-0.05, 0) is 5.92 Å². The standard InChI is InChI=1S/C10H11ClN4O/c1-7(16)13-5-3-2-4-8-10(11)15-9(12)6-14-8/h6H,3,5H2,1H3,(H2,12,15)(H,13,16). The number of nitrogens with one attached hydrogen (secondary N) is 1. The topological polar surface area (TPSA) is 80.9 Å². The van der Waals surface area contributed by atoms with Crippen LogP contribution in [0.3, 0.4) is 0 Å². The van der Waals surface area contributed by atoms with Crippen molar-refractivity contribution in [2.24, 2.45) is 0 Å². The second kappa shape index (κ2) is 5.93. The van der Waals surface area contributed by atoms with E-state index in [9.17, 15) is 4.79 Å². The Hall–Kier alpha value is -1.80. The zero-order valence-electron chi connectivity index (χ0n) is 8.75. The second-order valence-corrected chi connectivity index (χ2v) is 3.33. The third kappa shape index (κ3) is 4.15. The molecule has 1 rings (SSSR count). The zero-order valence-corrected chi connectivity index (χ0v) is 9.51. The number of anilines is 1. The molecule has 5 nitrogen and oxygen atoms in total. The Morgan fingerprint density at radius 3 is 3.06 bits per heavy atom. The van der Waals surface area contributed by atoms with Gasteiger partial charge in [0.25, 0.3) is 0 Å². The van der Waals surface area contributed by atoms with Crippen LogP contribution in [0.25, 0.3) is 0 Å². The molecule has 0 saturated carbocycles. The fourth-order valence-corrected chi connectivity index (χ4v) is 1.10. The summed E-state index contributed by atoms with van der Waals surface area (Å²) in [6.45, 7) is 1.96. The molecular weight excluding hydrogens is 228 g/mol. The number of nitrogens with zero attached hydrogens (tertiary/aromatic N) is 2. The van der Waals surface area contributed by atoms with Crippen LogP contribution in [0.4, 0.5) is 5.82 Å². The van der Waals surface area contributed by atoms with Crippen LogP contribution < -0.4 is 11.1 Å². The van der Waals surface area contributed by atoms with E-state index in [1.165, 1.54) is 13.1 Å². The second-order valence-electron chi connectivity index (χ2n) is 2.97. The number of amides is 1. The van der Waals surface area contributed by atoms with Crippen molar-refractivity contribution in [3.63, 3.8) is 0 Å². The lowest BCUT2D eigenvalue weighted by Crippen LogP contribution is -2.20. The van der Waals surface area contributed by atoms with E-state index >= 15 is 0 Å². The maximum Gasteiger partial charge on any atom is 0.216 e. The lowest BCUT2D eigenvalue weighted by molar-refractivity contribution is -0.118. The molecule has 84 valence electrons. The summed E-state index contributed by atoms with van der Waals surface area (Å²) in [5.74, 6) is 5.76. The Kier molecular flexibility index (Phi) is 4.55. The first-order chi connectivity index (χ1) is 7.59. The molecule has 6 heteroatoms. The van der Waals surface area contributed by atoms with E-state index in [0.29, 0.717) is 18.7 Å². The van der Waals surface area contributed by atoms with Crippen LogP contribution in [0.1, 0.15) is 19.0 Å². The maximum absolute atomic E-state index is 10.6. The minimum Gasteiger partial charge on any atom is -0.382 e. The Morgan fingerprint density at radius 1 is 1.69 bits per heavy atom. The molecule has 0 aliphatic rings. The molecule has 16 heavy (non-hydrogen) atoms. The SMILES string of the molecule is CC(=O)NCCC#Cc1ncc(N)nc1Cl. The van der Waals surface area contributed by atoms with Crippen LogP contribution >= 0.6 is 11.6 Å². The molecule has 1 aromatic heterocycles. The number of carbonyl (C=O) groups is 1. The van der Waals surface area contributed by atoms with Crippen molar-refractivity contribution in [3.05, 3.63) is 17.0 Å². The van der Waals surface area contributed by atoms with Crippen LogP contribution in [-0.4, -0.2) is 22.4 Å². The van der Waals surface area contributed by atoms with E-state index < -0.39 is 0 Å². The van der Waals surface area contributed by atoms with Crippen molar-refractivity contribution >= 4 is 23.3 Å². The smallest absolute Gasteiger partial charge is 0.216 e. The number of nitrogen functional groups attached to an aromatic ring is 1. The minimum atomic E-state index is -0.0768. The molecule has 0 unspecified atom stereocenters. The van der Waals surface area contributed by atoms with Gasteiger partial charge in [-0.15, -0.1) is 0 Å². The van der Waals surface area contributed by atoms with Crippen molar-refractivity contribution < 1.29 is 4.79 Å². The highest BCUT2D eigenvalue weighted by atomic mass is 35.5. The van der Waals surface area contributed by atoms with Gasteiger partial charge in [-0.1, -0.05) is 17.5 Å². The normalized spacial score (nSPS) is 9.12. The Morgan fingerprint density at radius 2 is 2.44 bits per heavy atom. The molecule has 0 atom stereocenters. The molecule has 3 N–H and O–H groups in total. The van der Waals surface area contributed by atoms with Gasteiger partial charge < -0.3 is 11.1 Å². The molecule has 1 amide bonds. The zero-order chi connectivity index (χ0) is 12.0. The molecule has 0 aromatic carbocycles. The summed E-state index contributed by atoms with van der Waals surface area (Å²) < 4.78 is 0. The highest BCUT2D eigenvalue weighted by Crippen LogP contribution is 2.09. The average Bonchev–Trinajstić information content (AvgIpc) is 2.20. The van der Waals surface area contributed by atoms with Gasteiger partial charge in [0.15, 0.2) is 10.8 Å². The first-order valence-electron chi connectivity index (χ1n) is 4.61. The molecule has 0 saturated heterocycles. The van der Waals surface area contributed by atoms with Crippen molar-refractivity contribution in [3.8, 4) is 11.8 Å². The molecule has 1 aromatic rings. The first kappa shape index (κ1) is 12.3. The van der Waals surface area contributed by atoms with Crippen LogP contribution in [0.5, 0.6) is 0 Å². The van der Waals surface area contributed by atoms with E-state index in [1.54, 1.807) is 0 Å². The minimum absolute atomic E-state index is 0.0768. The lowest BCUT2D eigenvalue weighted by Gasteiger charge is -1.96. The van der Waals surface area contributed by atoms with E-state index in [2.05, 4.69) is 27.1 Å². The predicted octanol–water partition coefficient (Wildman–Crippen LogP) is 0.590. The van der Waals surface area contributed by atoms with Gasteiger partial charge in [0.1, 0.15) is 5.82 Å². The Labute approximate surface area is 98.4 Å². The Balaban J connectivity index is 2.53. The van der Waals surface area contributed by atoms with E-state index in [0.717, 1.165) is 0 Å². The largest absolute Gasteiger partial charge is 0.382 e. The summed E-state index contributed by atoms with van der Waals surface area (Å²) >= 11 is 5.77. The number of nitrogens with two attached hydrogens (primary N) is 1. The molecule has 0 radical (unpaired) electrons. The highest BCUT2D eigenvalue weighted by molar-refractivity contribution is 6.30. The van der Waals surface area contributed by atoms with Gasteiger partial charge in [-0.25, -0.2) is 9.97 Å². The third-order valence-corrected chi connectivity index (χ3v) is 1.84. The van der Waals surface area contributed by atoms with E-state index in [-0.39, 0.29) is 16.9 Å². The van der Waals surface area contributed by atoms with Gasteiger partial charge in [0.05, 0.1) is 6.20 Å². The summed E-state index contributed by atoms with van der Waals surface area (Å²) in [7, 11) is 0. The number of carbonyl (C=O) groups excluding carboxylic acids is 1. The molecule has 1 heterocycles. The number of halogens is 1. The van der Waals surface area contributed by atoms with Crippen molar-refractivity contribution in [1.29, 1.82) is 0 Å². The molecule has 0 aliphatic heterocycles. The highest BCUT2D eigenvalue weighted by Gasteiger charge is 1.99. The van der Waals surface area contributed by atoms with Gasteiger partial charge in [-0.2, -0.15) is 0 Å². The number of hydrogen-bond donors (Lipinski definition) is 2. The van der Waals surface area contributed by atoms with Crippen molar-refractivity contribution in [2.75, 3.05) is 12.3 Å². The fraction of sp³-hybridized carbons (Fsp3) is 0.300. The van der Waals surface area contributed by atoms with Crippen LogP contribution in [0.15, 0.2) is 6.20 Å². The molecule has 0 bridgehead atoms. The number of aromatic nitrogens is 2. The summed E-state index contributed by atoms with van der Waals surface area (Å²) in [4.78, 5) is 18.3. The summed E-state index contributed by atoms with van der Waals surface area (Å²) in [5.41, 5.74) is 5.77. The monoisotopic (exact) mass is 238 g/mol. The van der Waals surface area contributed by atoms with Gasteiger partial charge in [0, 0.05) is 19.9 Å². The molecule has 0 fully saturated rings. The molecule has 0 spiro atoms. The van der Waals surface area contributed by atoms with E-state index in [4.69, 9.17) is 17.3 Å². The summed E-state index contributed by atoms with van der Waals surface area (Å²) in [6, 6.07) is 0. The quantitative estimate of drug-likeness (QED) is 0.584. The van der Waals surface area contributed by atoms with Crippen molar-refractivity contribution in [2.45, 2.75) is 13.3 Å². The van der Waals surface area contributed by atoms with Crippen LogP contribution in [0.2, 0.25) is 5.15 Å². The summed E-state index contributed by atoms with van der Waals surface area (Å²) in [6.07, 6.45) is 1.92. The average molecular weight is 239 g/mol. The fourth-order valence-electron chi connectivity index (χ4n) is 0.910. The van der Waals surface area contributed by atoms with Gasteiger partial charge >= 0.3 is 0 Å². The van der Waals surface area contributed by atoms with E-state index in [1.807, 2.05) is 0 Å². The van der Waals surface area contributed by atoms with Crippen LogP contribution in [0, 0.1) is 11.8 Å². The van der Waals surface area contributed by atoms with Gasteiger partial charge in [0.2, 0.25) is 5.91 Å². The third-order valence-electron chi connectivity index (χ3n) is 1.58. The Bertz CT molecular complexity index is 450. The lowest BCUT2D eigenvalue weighted by atomic mass is 10.3. The van der Waals surface area contributed by atoms with Crippen LogP contribution in [-0.2, 0) is 4.79 Å². The molecular formula is C10H11ClN4O. The number of hydrogen-bond acceptors (Lipinski definition) is 4.